The van der Waals surface area contributed by atoms with Gasteiger partial charge < -0.3 is 15.5 Å². The average molecular weight is 460 g/mol. The van der Waals surface area contributed by atoms with Crippen LogP contribution in [0.25, 0.3) is 0 Å². The van der Waals surface area contributed by atoms with E-state index in [0.717, 1.165) is 25.3 Å². The number of carbonyl (C=O) groups excluding carboxylic acids is 1. The van der Waals surface area contributed by atoms with Gasteiger partial charge in [-0.05, 0) is 25.5 Å². The minimum Gasteiger partial charge on any atom is -0.357 e. The Kier molecular flexibility index (Phi) is 12.5. The maximum absolute atomic E-state index is 13.4. The molecule has 11 heteroatoms. The Balaban J connectivity index is 0.00000392. The van der Waals surface area contributed by atoms with Gasteiger partial charge in [0.15, 0.2) is 0 Å². The number of hydrogen-bond acceptors (Lipinski definition) is 5. The Morgan fingerprint density at radius 1 is 1.28 bits per heavy atom. The zero-order valence-corrected chi connectivity index (χ0v) is 18.3. The smallest absolute Gasteiger partial charge is 0.357 e. The molecule has 0 radical (unpaired) electrons. The first-order valence-electron chi connectivity index (χ1n) is 9.37. The molecule has 1 atom stereocenters. The van der Waals surface area contributed by atoms with Crippen molar-refractivity contribution in [3.05, 3.63) is 23.9 Å². The first-order valence-corrected chi connectivity index (χ1v) is 9.37. The van der Waals surface area contributed by atoms with Crippen LogP contribution in [0.1, 0.15) is 30.6 Å². The predicted molar refractivity (Wildman–Crippen MR) is 114 cm³/mol. The number of hydrogen-bond donors (Lipinski definition) is 2. The quantitative estimate of drug-likeness (QED) is 0.625. The number of aromatic nitrogens is 1. The first kappa shape index (κ1) is 27.7. The van der Waals surface area contributed by atoms with Crippen LogP contribution in [-0.4, -0.2) is 73.8 Å². The number of rotatable bonds is 8. The fourth-order valence-electron chi connectivity index (χ4n) is 3.15. The van der Waals surface area contributed by atoms with Crippen LogP contribution < -0.4 is 15.5 Å². The lowest BCUT2D eigenvalue weighted by Gasteiger charge is -2.35. The third-order valence-corrected chi connectivity index (χ3v) is 4.64. The summed E-state index contributed by atoms with van der Waals surface area (Å²) in [5.74, 6) is 0.210. The second kappa shape index (κ2) is 13.1. The number of carbonyl (C=O) groups is 1. The fourth-order valence-corrected chi connectivity index (χ4v) is 3.15. The average Bonchev–Trinajstić information content (AvgIpc) is 2.66. The molecule has 2 heterocycles. The molecule has 0 aromatic carbocycles. The lowest BCUT2D eigenvalue weighted by atomic mass is 10.2. The van der Waals surface area contributed by atoms with Crippen LogP contribution in [0.3, 0.4) is 0 Å². The van der Waals surface area contributed by atoms with Gasteiger partial charge in [0.25, 0.3) is 5.91 Å². The molecule has 1 aliphatic heterocycles. The summed E-state index contributed by atoms with van der Waals surface area (Å²) in [4.78, 5) is 20.0. The lowest BCUT2D eigenvalue weighted by molar-refractivity contribution is -0.183. The van der Waals surface area contributed by atoms with Gasteiger partial charge in [-0.3, -0.25) is 9.69 Å². The number of anilines is 1. The highest BCUT2D eigenvalue weighted by atomic mass is 35.5. The van der Waals surface area contributed by atoms with Crippen molar-refractivity contribution >= 4 is 36.5 Å². The minimum atomic E-state index is -4.39. The zero-order chi connectivity index (χ0) is 19.9. The SMILES string of the molecule is CCCN(CC)c1ccc(C(=O)NCC(N2CCNCC2)C(F)(F)F)cn1.Cl.Cl. The van der Waals surface area contributed by atoms with Gasteiger partial charge >= 0.3 is 6.18 Å². The Bertz CT molecular complexity index is 598. The third kappa shape index (κ3) is 8.16. The summed E-state index contributed by atoms with van der Waals surface area (Å²) in [5, 5.41) is 5.45. The summed E-state index contributed by atoms with van der Waals surface area (Å²) in [7, 11) is 0. The van der Waals surface area contributed by atoms with Gasteiger partial charge in [-0.15, -0.1) is 24.8 Å². The van der Waals surface area contributed by atoms with Crippen molar-refractivity contribution in [2.75, 3.05) is 50.7 Å². The Morgan fingerprint density at radius 2 is 1.93 bits per heavy atom. The molecule has 0 aliphatic carbocycles. The molecule has 1 unspecified atom stereocenters. The molecule has 168 valence electrons. The maximum Gasteiger partial charge on any atom is 0.405 e. The molecule has 1 fully saturated rings. The van der Waals surface area contributed by atoms with E-state index >= 15 is 0 Å². The number of pyridine rings is 1. The van der Waals surface area contributed by atoms with Crippen molar-refractivity contribution in [2.24, 2.45) is 0 Å². The van der Waals surface area contributed by atoms with E-state index in [4.69, 9.17) is 0 Å². The summed E-state index contributed by atoms with van der Waals surface area (Å²) in [6, 6.07) is 1.64. The van der Waals surface area contributed by atoms with Gasteiger partial charge in [0, 0.05) is 52.0 Å². The normalized spacial score (nSPS) is 15.6. The van der Waals surface area contributed by atoms with Gasteiger partial charge in [-0.2, -0.15) is 13.2 Å². The molecule has 1 saturated heterocycles. The molecule has 6 nitrogen and oxygen atoms in total. The van der Waals surface area contributed by atoms with Crippen molar-refractivity contribution in [1.29, 1.82) is 0 Å². The summed E-state index contributed by atoms with van der Waals surface area (Å²) in [6.07, 6.45) is -2.01. The molecular formula is C18H30Cl2F3N5O. The molecule has 1 aromatic rings. The van der Waals surface area contributed by atoms with E-state index in [9.17, 15) is 18.0 Å². The zero-order valence-electron chi connectivity index (χ0n) is 16.7. The Morgan fingerprint density at radius 3 is 2.41 bits per heavy atom. The van der Waals surface area contributed by atoms with Crippen LogP contribution in [0.5, 0.6) is 0 Å². The summed E-state index contributed by atoms with van der Waals surface area (Å²) in [5.41, 5.74) is 0.257. The van der Waals surface area contributed by atoms with E-state index in [2.05, 4.69) is 27.4 Å². The molecule has 1 aliphatic rings. The molecule has 29 heavy (non-hydrogen) atoms. The van der Waals surface area contributed by atoms with Crippen LogP contribution in [0.15, 0.2) is 18.3 Å². The van der Waals surface area contributed by atoms with E-state index in [1.165, 1.54) is 11.1 Å². The van der Waals surface area contributed by atoms with Crippen molar-refractivity contribution in [1.82, 2.24) is 20.5 Å². The number of alkyl halides is 3. The van der Waals surface area contributed by atoms with E-state index < -0.39 is 24.7 Å². The molecule has 0 saturated carbocycles. The molecule has 0 spiro atoms. The van der Waals surface area contributed by atoms with Crippen LogP contribution in [0, 0.1) is 0 Å². The Labute approximate surface area is 182 Å². The summed E-state index contributed by atoms with van der Waals surface area (Å²) < 4.78 is 40.1. The maximum atomic E-state index is 13.4. The second-order valence-corrected chi connectivity index (χ2v) is 6.54. The number of nitrogens with zero attached hydrogens (tertiary/aromatic N) is 3. The number of amides is 1. The molecule has 1 aromatic heterocycles. The summed E-state index contributed by atoms with van der Waals surface area (Å²) >= 11 is 0. The largest absolute Gasteiger partial charge is 0.405 e. The van der Waals surface area contributed by atoms with Crippen molar-refractivity contribution in [3.8, 4) is 0 Å². The van der Waals surface area contributed by atoms with Gasteiger partial charge in [0.05, 0.1) is 5.56 Å². The van der Waals surface area contributed by atoms with Gasteiger partial charge in [-0.1, -0.05) is 6.92 Å². The monoisotopic (exact) mass is 459 g/mol. The minimum absolute atomic E-state index is 0. The highest BCUT2D eigenvalue weighted by molar-refractivity contribution is 5.94. The first-order chi connectivity index (χ1) is 12.9. The molecule has 1 amide bonds. The van der Waals surface area contributed by atoms with E-state index in [1.54, 1.807) is 12.1 Å². The standard InChI is InChI=1S/C18H28F3N5O.2ClH/c1-3-9-25(4-2)16-6-5-14(12-23-16)17(27)24-13-15(18(19,20)21)26-10-7-22-8-11-26;;/h5-6,12,15,22H,3-4,7-11,13H2,1-2H3,(H,24,27);2*1H. The highest BCUT2D eigenvalue weighted by Crippen LogP contribution is 2.25. The highest BCUT2D eigenvalue weighted by Gasteiger charge is 2.43. The fraction of sp³-hybridized carbons (Fsp3) is 0.667. The number of piperazine rings is 1. The summed E-state index contributed by atoms with van der Waals surface area (Å²) in [6.45, 7) is 6.90. The predicted octanol–water partition coefficient (Wildman–Crippen LogP) is 2.73. The number of nitrogens with one attached hydrogen (secondary N) is 2. The van der Waals surface area contributed by atoms with Crippen LogP contribution in [-0.2, 0) is 0 Å². The van der Waals surface area contributed by atoms with Crippen molar-refractivity contribution < 1.29 is 18.0 Å². The van der Waals surface area contributed by atoms with Crippen LogP contribution in [0.2, 0.25) is 0 Å². The van der Waals surface area contributed by atoms with Gasteiger partial charge in [0.2, 0.25) is 0 Å². The van der Waals surface area contributed by atoms with Crippen LogP contribution >= 0.6 is 24.8 Å². The van der Waals surface area contributed by atoms with E-state index in [-0.39, 0.29) is 30.4 Å². The van der Waals surface area contributed by atoms with Gasteiger partial charge in [0.1, 0.15) is 11.9 Å². The van der Waals surface area contributed by atoms with Crippen molar-refractivity contribution in [3.63, 3.8) is 0 Å². The molecule has 0 bridgehead atoms. The number of halogens is 5. The van der Waals surface area contributed by atoms with E-state index in [0.29, 0.717) is 26.2 Å². The van der Waals surface area contributed by atoms with Crippen LogP contribution in [0.4, 0.5) is 19.0 Å². The molecular weight excluding hydrogens is 430 g/mol. The topological polar surface area (TPSA) is 60.5 Å². The van der Waals surface area contributed by atoms with Gasteiger partial charge in [-0.25, -0.2) is 4.98 Å². The third-order valence-electron chi connectivity index (χ3n) is 4.64. The molecule has 2 N–H and O–H groups in total. The van der Waals surface area contributed by atoms with Crippen molar-refractivity contribution in [2.45, 2.75) is 32.5 Å². The Hall–Kier alpha value is -1.29. The second-order valence-electron chi connectivity index (χ2n) is 6.54. The van der Waals surface area contributed by atoms with E-state index in [1.807, 2.05) is 6.92 Å². The molecule has 2 rings (SSSR count). The lowest BCUT2D eigenvalue weighted by Crippen LogP contribution is -2.57.